The van der Waals surface area contributed by atoms with Gasteiger partial charge in [0, 0.05) is 10.7 Å². The predicted octanol–water partition coefficient (Wildman–Crippen LogP) is 1.72. The van der Waals surface area contributed by atoms with Gasteiger partial charge < -0.3 is 0 Å². The van der Waals surface area contributed by atoms with E-state index in [9.17, 15) is 0 Å². The summed E-state index contributed by atoms with van der Waals surface area (Å²) in [4.78, 5) is 3.79. The van der Waals surface area contributed by atoms with Crippen LogP contribution in [0, 0.1) is 11.3 Å². The van der Waals surface area contributed by atoms with Crippen molar-refractivity contribution >= 4 is 15.9 Å². The van der Waals surface area contributed by atoms with Gasteiger partial charge >= 0.3 is 0 Å². The maximum atomic E-state index is 8.30. The first-order valence-electron chi connectivity index (χ1n) is 2.34. The standard InChI is InChI=1S/C6H3BrN2/c7-5-1-2-6(3-8)9-4-5/h1-2,4H/i3+1,8+1. The van der Waals surface area contributed by atoms with Crippen LogP contribution in [-0.2, 0) is 0 Å². The molecule has 0 spiro atoms. The smallest absolute Gasteiger partial charge is 0.140 e. The number of nitrogens with zero attached hydrogens (tertiary/aromatic N) is 2. The van der Waals surface area contributed by atoms with Gasteiger partial charge in [-0.25, -0.2) is 4.98 Å². The Balaban J connectivity index is 3.06. The van der Waals surface area contributed by atoms with Crippen LogP contribution in [0.5, 0.6) is 0 Å². The van der Waals surface area contributed by atoms with E-state index in [0.717, 1.165) is 4.47 Å². The van der Waals surface area contributed by atoms with Crippen LogP contribution in [0.15, 0.2) is 22.8 Å². The summed E-state index contributed by atoms with van der Waals surface area (Å²) in [7, 11) is 0. The molecule has 0 amide bonds. The van der Waals surface area contributed by atoms with Crippen molar-refractivity contribution in [3.8, 4) is 6.07 Å². The van der Waals surface area contributed by atoms with Crippen LogP contribution in [0.1, 0.15) is 5.69 Å². The van der Waals surface area contributed by atoms with E-state index in [0.29, 0.717) is 5.69 Å². The Bertz CT molecular complexity index is 234. The summed E-state index contributed by atoms with van der Waals surface area (Å²) in [6.07, 6.45) is 1.60. The van der Waals surface area contributed by atoms with E-state index in [4.69, 9.17) is 5.26 Å². The number of rotatable bonds is 0. The lowest BCUT2D eigenvalue weighted by atomic mass is 10.4. The zero-order chi connectivity index (χ0) is 6.69. The summed E-state index contributed by atoms with van der Waals surface area (Å²) in [6.45, 7) is 0. The average Bonchev–Trinajstić information content (AvgIpc) is 1.90. The highest BCUT2D eigenvalue weighted by Gasteiger charge is 1.87. The number of hydrogen-bond acceptors (Lipinski definition) is 2. The van der Waals surface area contributed by atoms with Crippen molar-refractivity contribution in [1.29, 1.82) is 5.26 Å². The summed E-state index contributed by atoms with van der Waals surface area (Å²) in [5, 5.41) is 8.30. The Morgan fingerprint density at radius 3 is 2.78 bits per heavy atom. The van der Waals surface area contributed by atoms with E-state index in [1.165, 1.54) is 0 Å². The van der Waals surface area contributed by atoms with E-state index in [1.54, 1.807) is 18.3 Å². The van der Waals surface area contributed by atoms with Gasteiger partial charge in [-0.3, -0.25) is 0 Å². The van der Waals surface area contributed by atoms with Crippen molar-refractivity contribution in [3.05, 3.63) is 28.5 Å². The topological polar surface area (TPSA) is 36.7 Å². The van der Waals surface area contributed by atoms with Crippen molar-refractivity contribution in [2.75, 3.05) is 0 Å². The van der Waals surface area contributed by atoms with Crippen LogP contribution < -0.4 is 0 Å². The molecule has 1 aromatic heterocycles. The van der Waals surface area contributed by atoms with Crippen molar-refractivity contribution in [1.82, 2.24) is 4.98 Å². The molecule has 2 nitrogen and oxygen atoms in total. The molecule has 1 rings (SSSR count). The molecule has 0 aliphatic rings. The first-order valence-corrected chi connectivity index (χ1v) is 3.14. The third-order valence-corrected chi connectivity index (χ3v) is 1.31. The summed E-state index contributed by atoms with van der Waals surface area (Å²) in [5.74, 6) is 0. The van der Waals surface area contributed by atoms with Crippen LogP contribution >= 0.6 is 15.9 Å². The minimum Gasteiger partial charge on any atom is -0.244 e. The molecule has 0 saturated heterocycles. The molecule has 0 aliphatic carbocycles. The Morgan fingerprint density at radius 2 is 2.33 bits per heavy atom. The maximum Gasteiger partial charge on any atom is 0.140 e. The summed E-state index contributed by atoms with van der Waals surface area (Å²) in [5.41, 5.74) is 0.443. The minimum atomic E-state index is 0.443. The second-order valence-corrected chi connectivity index (χ2v) is 2.39. The molecular weight excluding hydrogens is 182 g/mol. The van der Waals surface area contributed by atoms with Crippen molar-refractivity contribution < 1.29 is 0 Å². The van der Waals surface area contributed by atoms with Gasteiger partial charge in [0.1, 0.15) is 11.8 Å². The molecule has 0 N–H and O–H groups in total. The number of pyridine rings is 1. The Hall–Kier alpha value is -0.880. The summed E-state index contributed by atoms with van der Waals surface area (Å²) in [6, 6.07) is 5.36. The minimum absolute atomic E-state index is 0.443. The van der Waals surface area contributed by atoms with Gasteiger partial charge in [-0.15, -0.1) is 0 Å². The molecule has 0 bridgehead atoms. The highest BCUT2D eigenvalue weighted by molar-refractivity contribution is 9.10. The SMILES string of the molecule is [15N]#[13C]c1ccc(Br)cn1. The van der Waals surface area contributed by atoms with Crippen molar-refractivity contribution in [3.63, 3.8) is 0 Å². The second kappa shape index (κ2) is 2.60. The summed E-state index contributed by atoms with van der Waals surface area (Å²) < 4.78 is 0.890. The lowest BCUT2D eigenvalue weighted by molar-refractivity contribution is 1.25. The molecule has 0 aliphatic heterocycles. The Labute approximate surface area is 61.3 Å². The third-order valence-electron chi connectivity index (χ3n) is 0.842. The van der Waals surface area contributed by atoms with Gasteiger partial charge in [-0.1, -0.05) is 0 Å². The monoisotopic (exact) mass is 184 g/mol. The number of aromatic nitrogens is 1. The van der Waals surface area contributed by atoms with Gasteiger partial charge in [0.2, 0.25) is 0 Å². The molecule has 9 heavy (non-hydrogen) atoms. The molecule has 0 fully saturated rings. The van der Waals surface area contributed by atoms with Gasteiger partial charge in [-0.2, -0.15) is 5.26 Å². The number of nitriles is 1. The van der Waals surface area contributed by atoms with E-state index in [2.05, 4.69) is 20.9 Å². The molecule has 1 heterocycles. The molecule has 0 radical (unpaired) electrons. The Kier molecular flexibility index (Phi) is 1.81. The van der Waals surface area contributed by atoms with Crippen LogP contribution in [0.4, 0.5) is 0 Å². The molecule has 0 aromatic carbocycles. The molecule has 3 heteroatoms. The lowest BCUT2D eigenvalue weighted by Crippen LogP contribution is -1.77. The fourth-order valence-corrected chi connectivity index (χ4v) is 0.676. The lowest BCUT2D eigenvalue weighted by Gasteiger charge is -1.85. The molecule has 0 saturated carbocycles. The Morgan fingerprint density at radius 1 is 1.56 bits per heavy atom. The zero-order valence-corrected chi connectivity index (χ0v) is 6.09. The van der Waals surface area contributed by atoms with E-state index in [-0.39, 0.29) is 0 Å². The third kappa shape index (κ3) is 1.51. The molecule has 0 atom stereocenters. The zero-order valence-electron chi connectivity index (χ0n) is 4.50. The first-order chi connectivity index (χ1) is 4.33. The van der Waals surface area contributed by atoms with Crippen LogP contribution in [0.3, 0.4) is 0 Å². The normalized spacial score (nSPS) is 8.44. The average molecular weight is 185 g/mol. The van der Waals surface area contributed by atoms with Crippen molar-refractivity contribution in [2.24, 2.45) is 0 Å². The van der Waals surface area contributed by atoms with E-state index in [1.807, 2.05) is 6.07 Å². The van der Waals surface area contributed by atoms with Crippen LogP contribution in [0.25, 0.3) is 0 Å². The fraction of sp³-hybridized carbons (Fsp3) is 0. The van der Waals surface area contributed by atoms with E-state index < -0.39 is 0 Å². The van der Waals surface area contributed by atoms with Gasteiger partial charge in [-0.05, 0) is 28.1 Å². The largest absolute Gasteiger partial charge is 0.244 e. The first kappa shape index (κ1) is 6.24. The second-order valence-electron chi connectivity index (χ2n) is 1.47. The van der Waals surface area contributed by atoms with Gasteiger partial charge in [0.15, 0.2) is 0 Å². The van der Waals surface area contributed by atoms with Gasteiger partial charge in [0.05, 0.1) is 0 Å². The quantitative estimate of drug-likeness (QED) is 0.455. The molecular formula is C6H3BrN2. The maximum absolute atomic E-state index is 8.30. The summed E-state index contributed by atoms with van der Waals surface area (Å²) >= 11 is 3.20. The van der Waals surface area contributed by atoms with Gasteiger partial charge in [0.25, 0.3) is 0 Å². The highest BCUT2D eigenvalue weighted by Crippen LogP contribution is 2.05. The molecule has 0 unspecified atom stereocenters. The highest BCUT2D eigenvalue weighted by atomic mass is 79.9. The van der Waals surface area contributed by atoms with Crippen LogP contribution in [-0.4, -0.2) is 4.98 Å². The van der Waals surface area contributed by atoms with Crippen LogP contribution in [0.2, 0.25) is 0 Å². The predicted molar refractivity (Wildman–Crippen MR) is 36.7 cm³/mol. The number of hydrogen-bond donors (Lipinski definition) is 0. The fourth-order valence-electron chi connectivity index (χ4n) is 0.442. The molecule has 44 valence electrons. The molecule has 1 aromatic rings. The number of halogens is 1. The van der Waals surface area contributed by atoms with E-state index >= 15 is 0 Å². The van der Waals surface area contributed by atoms with Crippen molar-refractivity contribution in [2.45, 2.75) is 0 Å².